The standard InChI is InChI=1S/C21H23NO4S/c1-27-18-9-7-16(8-10-18)15-26-21(25)13-14-22-20(24)12-11-19(23)17-5-3-2-4-6-17/h2-10H,11-15H2,1H3,(H,22,24). The van der Waals surface area contributed by atoms with Crippen molar-refractivity contribution >= 4 is 29.4 Å². The molecule has 0 saturated carbocycles. The Hall–Kier alpha value is -2.60. The van der Waals surface area contributed by atoms with Gasteiger partial charge in [-0.15, -0.1) is 11.8 Å². The Balaban J connectivity index is 1.59. The quantitative estimate of drug-likeness (QED) is 0.384. The van der Waals surface area contributed by atoms with Crippen LogP contribution in [0.4, 0.5) is 0 Å². The topological polar surface area (TPSA) is 72.5 Å². The van der Waals surface area contributed by atoms with Crippen LogP contribution in [0.15, 0.2) is 59.5 Å². The van der Waals surface area contributed by atoms with Crippen LogP contribution in [-0.4, -0.2) is 30.5 Å². The van der Waals surface area contributed by atoms with Crippen LogP contribution in [0.2, 0.25) is 0 Å². The normalized spacial score (nSPS) is 10.3. The van der Waals surface area contributed by atoms with Gasteiger partial charge in [-0.05, 0) is 24.0 Å². The van der Waals surface area contributed by atoms with Gasteiger partial charge >= 0.3 is 5.97 Å². The molecule has 0 atom stereocenters. The Bertz CT molecular complexity index is 760. The van der Waals surface area contributed by atoms with Gasteiger partial charge in [0.05, 0.1) is 6.42 Å². The molecule has 0 spiro atoms. The van der Waals surface area contributed by atoms with E-state index in [0.717, 1.165) is 10.5 Å². The van der Waals surface area contributed by atoms with Crippen molar-refractivity contribution in [3.63, 3.8) is 0 Å². The van der Waals surface area contributed by atoms with Crippen molar-refractivity contribution in [2.24, 2.45) is 0 Å². The summed E-state index contributed by atoms with van der Waals surface area (Å²) in [4.78, 5) is 36.6. The molecule has 0 heterocycles. The predicted molar refractivity (Wildman–Crippen MR) is 106 cm³/mol. The van der Waals surface area contributed by atoms with Crippen molar-refractivity contribution in [1.29, 1.82) is 0 Å². The van der Waals surface area contributed by atoms with E-state index in [1.165, 1.54) is 0 Å². The molecular weight excluding hydrogens is 362 g/mol. The molecule has 0 aliphatic carbocycles. The SMILES string of the molecule is CSc1ccc(COC(=O)CCNC(=O)CCC(=O)c2ccccc2)cc1. The zero-order chi connectivity index (χ0) is 19.5. The van der Waals surface area contributed by atoms with E-state index < -0.39 is 0 Å². The average Bonchev–Trinajstić information content (AvgIpc) is 2.71. The number of benzene rings is 2. The van der Waals surface area contributed by atoms with Gasteiger partial charge in [0.1, 0.15) is 6.61 Å². The number of carbonyl (C=O) groups is 3. The first-order chi connectivity index (χ1) is 13.1. The van der Waals surface area contributed by atoms with E-state index in [1.807, 2.05) is 36.6 Å². The van der Waals surface area contributed by atoms with Gasteiger partial charge in [-0.25, -0.2) is 0 Å². The third-order valence-corrected chi connectivity index (χ3v) is 4.63. The number of rotatable bonds is 10. The zero-order valence-electron chi connectivity index (χ0n) is 15.3. The van der Waals surface area contributed by atoms with Crippen LogP contribution < -0.4 is 5.32 Å². The third-order valence-electron chi connectivity index (χ3n) is 3.89. The number of ether oxygens (including phenoxy) is 1. The van der Waals surface area contributed by atoms with E-state index in [-0.39, 0.29) is 50.1 Å². The van der Waals surface area contributed by atoms with Crippen LogP contribution in [0, 0.1) is 0 Å². The van der Waals surface area contributed by atoms with Crippen LogP contribution in [0.1, 0.15) is 35.2 Å². The summed E-state index contributed by atoms with van der Waals surface area (Å²) in [5, 5.41) is 2.64. The van der Waals surface area contributed by atoms with E-state index in [1.54, 1.807) is 36.0 Å². The summed E-state index contributed by atoms with van der Waals surface area (Å²) < 4.78 is 5.19. The summed E-state index contributed by atoms with van der Waals surface area (Å²) >= 11 is 1.65. The molecule has 0 aliphatic heterocycles. The number of hydrogen-bond acceptors (Lipinski definition) is 5. The summed E-state index contributed by atoms with van der Waals surface area (Å²) in [5.74, 6) is -0.693. The van der Waals surface area contributed by atoms with Crippen molar-refractivity contribution in [3.05, 3.63) is 65.7 Å². The minimum atomic E-state index is -0.371. The molecule has 2 aromatic carbocycles. The first-order valence-corrected chi connectivity index (χ1v) is 9.94. The van der Waals surface area contributed by atoms with E-state index in [9.17, 15) is 14.4 Å². The van der Waals surface area contributed by atoms with E-state index in [2.05, 4.69) is 5.32 Å². The largest absolute Gasteiger partial charge is 0.461 e. The zero-order valence-corrected chi connectivity index (χ0v) is 16.1. The molecular formula is C21H23NO4S. The maximum atomic E-state index is 11.9. The van der Waals surface area contributed by atoms with Gasteiger partial charge in [-0.2, -0.15) is 0 Å². The number of ketones is 1. The van der Waals surface area contributed by atoms with Gasteiger partial charge in [0.25, 0.3) is 0 Å². The Kier molecular flexibility index (Phi) is 8.58. The number of Topliss-reactive ketones (excluding diaryl/α,β-unsaturated/α-hetero) is 1. The molecule has 142 valence electrons. The molecule has 0 saturated heterocycles. The molecule has 0 bridgehead atoms. The van der Waals surface area contributed by atoms with Crippen molar-refractivity contribution < 1.29 is 19.1 Å². The van der Waals surface area contributed by atoms with E-state index in [4.69, 9.17) is 4.74 Å². The first-order valence-electron chi connectivity index (χ1n) is 8.72. The Morgan fingerprint density at radius 3 is 2.30 bits per heavy atom. The molecule has 1 N–H and O–H groups in total. The summed E-state index contributed by atoms with van der Waals surface area (Å²) in [6.07, 6.45) is 2.35. The van der Waals surface area contributed by atoms with Crippen molar-refractivity contribution in [2.75, 3.05) is 12.8 Å². The molecule has 0 radical (unpaired) electrons. The summed E-state index contributed by atoms with van der Waals surface area (Å²) in [6.45, 7) is 0.412. The minimum absolute atomic E-state index is 0.0716. The maximum Gasteiger partial charge on any atom is 0.307 e. The monoisotopic (exact) mass is 385 g/mol. The number of thioether (sulfide) groups is 1. The highest BCUT2D eigenvalue weighted by Crippen LogP contribution is 2.15. The number of hydrogen-bond donors (Lipinski definition) is 1. The van der Waals surface area contributed by atoms with Gasteiger partial charge in [-0.1, -0.05) is 42.5 Å². The van der Waals surface area contributed by atoms with Crippen LogP contribution in [0.5, 0.6) is 0 Å². The fourth-order valence-electron chi connectivity index (χ4n) is 2.35. The molecule has 6 heteroatoms. The van der Waals surface area contributed by atoms with Crippen LogP contribution in [0.3, 0.4) is 0 Å². The fourth-order valence-corrected chi connectivity index (χ4v) is 2.75. The van der Waals surface area contributed by atoms with Gasteiger partial charge in [0.2, 0.25) is 5.91 Å². The number of amides is 1. The molecule has 5 nitrogen and oxygen atoms in total. The highest BCUT2D eigenvalue weighted by molar-refractivity contribution is 7.98. The van der Waals surface area contributed by atoms with E-state index >= 15 is 0 Å². The molecule has 0 aromatic heterocycles. The highest BCUT2D eigenvalue weighted by atomic mass is 32.2. The Morgan fingerprint density at radius 2 is 1.63 bits per heavy atom. The highest BCUT2D eigenvalue weighted by Gasteiger charge is 2.10. The lowest BCUT2D eigenvalue weighted by molar-refractivity contribution is -0.144. The van der Waals surface area contributed by atoms with Crippen LogP contribution in [0.25, 0.3) is 0 Å². The van der Waals surface area contributed by atoms with Crippen molar-refractivity contribution in [2.45, 2.75) is 30.8 Å². The average molecular weight is 385 g/mol. The number of esters is 1. The molecule has 2 rings (SSSR count). The maximum absolute atomic E-state index is 11.9. The lowest BCUT2D eigenvalue weighted by Gasteiger charge is -2.07. The Labute approximate surface area is 163 Å². The lowest BCUT2D eigenvalue weighted by atomic mass is 10.1. The summed E-state index contributed by atoms with van der Waals surface area (Å²) in [7, 11) is 0. The Morgan fingerprint density at radius 1 is 0.926 bits per heavy atom. The molecule has 0 fully saturated rings. The molecule has 27 heavy (non-hydrogen) atoms. The molecule has 0 unspecified atom stereocenters. The van der Waals surface area contributed by atoms with Crippen LogP contribution >= 0.6 is 11.8 Å². The predicted octanol–water partition coefficient (Wildman–Crippen LogP) is 3.62. The smallest absolute Gasteiger partial charge is 0.307 e. The van der Waals surface area contributed by atoms with Gasteiger partial charge in [0.15, 0.2) is 5.78 Å². The van der Waals surface area contributed by atoms with Crippen LogP contribution in [-0.2, 0) is 20.9 Å². The van der Waals surface area contributed by atoms with Crippen molar-refractivity contribution in [3.8, 4) is 0 Å². The van der Waals surface area contributed by atoms with Gasteiger partial charge in [0, 0.05) is 29.8 Å². The van der Waals surface area contributed by atoms with Gasteiger partial charge < -0.3 is 10.1 Å². The van der Waals surface area contributed by atoms with E-state index in [0.29, 0.717) is 5.56 Å². The van der Waals surface area contributed by atoms with Gasteiger partial charge in [-0.3, -0.25) is 14.4 Å². The van der Waals surface area contributed by atoms with Crippen molar-refractivity contribution in [1.82, 2.24) is 5.32 Å². The lowest BCUT2D eigenvalue weighted by Crippen LogP contribution is -2.26. The summed E-state index contributed by atoms with van der Waals surface area (Å²) in [6, 6.07) is 16.7. The molecule has 2 aromatic rings. The second-order valence-corrected chi connectivity index (χ2v) is 6.78. The fraction of sp³-hybridized carbons (Fsp3) is 0.286. The first kappa shape index (κ1) is 20.7. The number of carbonyl (C=O) groups excluding carboxylic acids is 3. The summed E-state index contributed by atoms with van der Waals surface area (Å²) in [5.41, 5.74) is 1.52. The molecule has 0 aliphatic rings. The number of nitrogens with one attached hydrogen (secondary N) is 1. The third kappa shape index (κ3) is 7.66. The molecule has 1 amide bonds. The second kappa shape index (κ2) is 11.2. The second-order valence-electron chi connectivity index (χ2n) is 5.90. The minimum Gasteiger partial charge on any atom is -0.461 e.